The van der Waals surface area contributed by atoms with E-state index in [1.54, 1.807) is 35.2 Å². The number of alkyl halides is 2. The molecule has 2 unspecified atom stereocenters. The third-order valence-corrected chi connectivity index (χ3v) is 4.58. The van der Waals surface area contributed by atoms with E-state index in [2.05, 4.69) is 4.90 Å². The summed E-state index contributed by atoms with van der Waals surface area (Å²) in [5, 5.41) is 0. The maximum atomic E-state index is 14.5. The summed E-state index contributed by atoms with van der Waals surface area (Å²) >= 11 is 0. The first-order valence-corrected chi connectivity index (χ1v) is 8.56. The van der Waals surface area contributed by atoms with Crippen LogP contribution in [0.4, 0.5) is 14.5 Å². The molecular weight excluding hydrogens is 322 g/mol. The number of anilines is 1. The maximum Gasteiger partial charge on any atom is 0.197 e. The second kappa shape index (κ2) is 8.21. The van der Waals surface area contributed by atoms with Gasteiger partial charge in [-0.1, -0.05) is 48.5 Å². The van der Waals surface area contributed by atoms with Gasteiger partial charge >= 0.3 is 0 Å². The summed E-state index contributed by atoms with van der Waals surface area (Å²) in [4.78, 5) is 15.8. The molecule has 25 heavy (non-hydrogen) atoms. The minimum Gasteiger partial charge on any atom is -0.369 e. The molecule has 0 radical (unpaired) electrons. The Morgan fingerprint density at radius 3 is 2.04 bits per heavy atom. The van der Waals surface area contributed by atoms with E-state index in [1.165, 1.54) is 0 Å². The third kappa shape index (κ3) is 4.42. The highest BCUT2D eigenvalue weighted by Crippen LogP contribution is 2.20. The Morgan fingerprint density at radius 2 is 1.44 bits per heavy atom. The number of hydrogen-bond donors (Lipinski definition) is 0. The fourth-order valence-corrected chi connectivity index (χ4v) is 3.11. The molecule has 0 amide bonds. The number of Topliss-reactive ketones (excluding diaryl/α,β-unsaturated/α-hetero) is 1. The summed E-state index contributed by atoms with van der Waals surface area (Å²) in [6, 6.07) is 18.2. The van der Waals surface area contributed by atoms with Crippen LogP contribution in [0.15, 0.2) is 60.7 Å². The van der Waals surface area contributed by atoms with E-state index < -0.39 is 24.7 Å². The first-order chi connectivity index (χ1) is 12.1. The van der Waals surface area contributed by atoms with Crippen LogP contribution in [-0.2, 0) is 0 Å². The topological polar surface area (TPSA) is 23.6 Å². The normalized spacial score (nSPS) is 17.9. The molecule has 2 aromatic rings. The molecule has 132 valence electrons. The van der Waals surface area contributed by atoms with Gasteiger partial charge in [0, 0.05) is 43.9 Å². The summed E-state index contributed by atoms with van der Waals surface area (Å²) in [7, 11) is 0. The minimum atomic E-state index is -1.82. The number of piperazine rings is 1. The van der Waals surface area contributed by atoms with E-state index in [0.29, 0.717) is 26.2 Å². The Labute approximate surface area is 146 Å². The average Bonchev–Trinajstić information content (AvgIpc) is 2.68. The second-order valence-electron chi connectivity index (χ2n) is 6.23. The van der Waals surface area contributed by atoms with Crippen molar-refractivity contribution in [2.24, 2.45) is 0 Å². The van der Waals surface area contributed by atoms with Crippen LogP contribution in [-0.4, -0.2) is 49.3 Å². The molecule has 0 aliphatic carbocycles. The van der Waals surface area contributed by atoms with E-state index in [-0.39, 0.29) is 5.56 Å². The standard InChI is InChI=1S/C20H22F2N2O/c21-18(20(25)16-7-3-1-4-8-16)15-19(22)24-13-11-23(12-14-24)17-9-5-2-6-10-17/h1-10,18-19H,11-15H2. The third-order valence-electron chi connectivity index (χ3n) is 4.58. The number of rotatable bonds is 6. The molecule has 0 spiro atoms. The Morgan fingerprint density at radius 1 is 0.880 bits per heavy atom. The van der Waals surface area contributed by atoms with Gasteiger partial charge in [0.2, 0.25) is 0 Å². The van der Waals surface area contributed by atoms with Gasteiger partial charge in [-0.05, 0) is 12.1 Å². The van der Waals surface area contributed by atoms with Crippen molar-refractivity contribution in [2.75, 3.05) is 31.1 Å². The summed E-state index contributed by atoms with van der Waals surface area (Å²) < 4.78 is 28.7. The summed E-state index contributed by atoms with van der Waals surface area (Å²) in [5.74, 6) is -0.647. The number of ketones is 1. The summed E-state index contributed by atoms with van der Waals surface area (Å²) in [6.07, 6.45) is -3.68. The van der Waals surface area contributed by atoms with Gasteiger partial charge < -0.3 is 4.90 Å². The van der Waals surface area contributed by atoms with Crippen molar-refractivity contribution in [1.29, 1.82) is 0 Å². The van der Waals surface area contributed by atoms with Crippen LogP contribution in [0.5, 0.6) is 0 Å². The molecule has 1 heterocycles. The van der Waals surface area contributed by atoms with Crippen molar-refractivity contribution in [3.63, 3.8) is 0 Å². The monoisotopic (exact) mass is 344 g/mol. The quantitative estimate of drug-likeness (QED) is 0.589. The average molecular weight is 344 g/mol. The van der Waals surface area contributed by atoms with Crippen LogP contribution in [0.25, 0.3) is 0 Å². The number of benzene rings is 2. The van der Waals surface area contributed by atoms with Crippen LogP contribution >= 0.6 is 0 Å². The predicted octanol–water partition coefficient (Wildman–Crippen LogP) is 3.72. The SMILES string of the molecule is O=C(c1ccccc1)C(F)CC(F)N1CCN(c2ccccc2)CC1. The highest BCUT2D eigenvalue weighted by molar-refractivity contribution is 5.99. The Kier molecular flexibility index (Phi) is 5.76. The van der Waals surface area contributed by atoms with Gasteiger partial charge in [-0.25, -0.2) is 8.78 Å². The number of halogens is 2. The Balaban J connectivity index is 1.51. The van der Waals surface area contributed by atoms with Crippen LogP contribution < -0.4 is 4.90 Å². The van der Waals surface area contributed by atoms with E-state index in [9.17, 15) is 13.6 Å². The number of hydrogen-bond acceptors (Lipinski definition) is 3. The van der Waals surface area contributed by atoms with Gasteiger partial charge in [0.05, 0.1) is 0 Å². The van der Waals surface area contributed by atoms with Gasteiger partial charge in [0.15, 0.2) is 18.3 Å². The van der Waals surface area contributed by atoms with Crippen molar-refractivity contribution in [3.8, 4) is 0 Å². The van der Waals surface area contributed by atoms with Crippen LogP contribution in [0, 0.1) is 0 Å². The fourth-order valence-electron chi connectivity index (χ4n) is 3.11. The molecule has 1 aliphatic heterocycles. The zero-order chi connectivity index (χ0) is 17.6. The van der Waals surface area contributed by atoms with Gasteiger partial charge in [-0.3, -0.25) is 9.69 Å². The van der Waals surface area contributed by atoms with Gasteiger partial charge in [-0.2, -0.15) is 0 Å². The van der Waals surface area contributed by atoms with Crippen molar-refractivity contribution in [1.82, 2.24) is 4.90 Å². The molecule has 5 heteroatoms. The van der Waals surface area contributed by atoms with Crippen molar-refractivity contribution in [2.45, 2.75) is 18.9 Å². The van der Waals surface area contributed by atoms with Crippen molar-refractivity contribution >= 4 is 11.5 Å². The van der Waals surface area contributed by atoms with Crippen LogP contribution in [0.1, 0.15) is 16.8 Å². The zero-order valence-corrected chi connectivity index (χ0v) is 14.0. The first-order valence-electron chi connectivity index (χ1n) is 8.56. The fraction of sp³-hybridized carbons (Fsp3) is 0.350. The van der Waals surface area contributed by atoms with Crippen LogP contribution in [0.2, 0.25) is 0 Å². The number of carbonyl (C=O) groups excluding carboxylic acids is 1. The van der Waals surface area contributed by atoms with Gasteiger partial charge in [0.1, 0.15) is 0 Å². The number of para-hydroxylation sites is 1. The molecule has 2 aromatic carbocycles. The van der Waals surface area contributed by atoms with Crippen LogP contribution in [0.3, 0.4) is 0 Å². The van der Waals surface area contributed by atoms with Crippen molar-refractivity contribution < 1.29 is 13.6 Å². The van der Waals surface area contributed by atoms with Gasteiger partial charge in [0.25, 0.3) is 0 Å². The molecule has 1 aliphatic rings. The maximum absolute atomic E-state index is 14.5. The lowest BCUT2D eigenvalue weighted by Crippen LogP contribution is -2.50. The molecule has 0 N–H and O–H groups in total. The molecule has 2 atom stereocenters. The zero-order valence-electron chi connectivity index (χ0n) is 14.0. The highest BCUT2D eigenvalue weighted by Gasteiger charge is 2.29. The summed E-state index contributed by atoms with van der Waals surface area (Å²) in [6.45, 7) is 2.41. The molecule has 3 rings (SSSR count). The molecule has 3 nitrogen and oxygen atoms in total. The summed E-state index contributed by atoms with van der Waals surface area (Å²) in [5.41, 5.74) is 1.40. The molecule has 0 saturated carbocycles. The number of nitrogens with zero attached hydrogens (tertiary/aromatic N) is 2. The molecular formula is C20H22F2N2O. The van der Waals surface area contributed by atoms with E-state index in [1.807, 2.05) is 30.3 Å². The van der Waals surface area contributed by atoms with Crippen molar-refractivity contribution in [3.05, 3.63) is 66.2 Å². The number of carbonyl (C=O) groups is 1. The van der Waals surface area contributed by atoms with E-state index in [4.69, 9.17) is 0 Å². The van der Waals surface area contributed by atoms with Gasteiger partial charge in [-0.15, -0.1) is 0 Å². The lowest BCUT2D eigenvalue weighted by Gasteiger charge is -2.37. The highest BCUT2D eigenvalue weighted by atomic mass is 19.1. The first kappa shape index (κ1) is 17.5. The molecule has 1 saturated heterocycles. The smallest absolute Gasteiger partial charge is 0.197 e. The largest absolute Gasteiger partial charge is 0.369 e. The Bertz CT molecular complexity index is 673. The molecule has 0 aromatic heterocycles. The lowest BCUT2D eigenvalue weighted by atomic mass is 10.0. The second-order valence-corrected chi connectivity index (χ2v) is 6.23. The van der Waals surface area contributed by atoms with E-state index >= 15 is 0 Å². The Hall–Kier alpha value is -2.27. The minimum absolute atomic E-state index is 0.288. The lowest BCUT2D eigenvalue weighted by molar-refractivity contribution is 0.0438. The molecule has 0 bridgehead atoms. The molecule has 1 fully saturated rings. The predicted molar refractivity (Wildman–Crippen MR) is 95.4 cm³/mol. The van der Waals surface area contributed by atoms with E-state index in [0.717, 1.165) is 5.69 Å².